The predicted octanol–water partition coefficient (Wildman–Crippen LogP) is 2.47. The van der Waals surface area contributed by atoms with E-state index in [0.29, 0.717) is 5.92 Å². The van der Waals surface area contributed by atoms with Crippen LogP contribution < -0.4 is 0 Å². The number of allylic oxidation sites excluding steroid dienone is 3. The molecule has 0 heterocycles. The van der Waals surface area contributed by atoms with Crippen LogP contribution in [0, 0.1) is 11.8 Å². The van der Waals surface area contributed by atoms with Crippen molar-refractivity contribution in [3.05, 3.63) is 22.7 Å². The van der Waals surface area contributed by atoms with Crippen LogP contribution in [0.1, 0.15) is 13.8 Å². The number of halogens is 1. The third kappa shape index (κ3) is 2.17. The molecule has 0 fully saturated rings. The van der Waals surface area contributed by atoms with Crippen molar-refractivity contribution in [1.82, 2.24) is 0 Å². The largest absolute Gasteiger partial charge is 0.393 e. The average Bonchev–Trinajstić information content (AvgIpc) is 1.85. The van der Waals surface area contributed by atoms with E-state index in [-0.39, 0.29) is 12.0 Å². The van der Waals surface area contributed by atoms with Gasteiger partial charge in [-0.15, -0.1) is 0 Å². The summed E-state index contributed by atoms with van der Waals surface area (Å²) in [5.41, 5.74) is 0. The van der Waals surface area contributed by atoms with Crippen LogP contribution in [0.2, 0.25) is 0 Å². The average molecular weight is 217 g/mol. The molecule has 1 nitrogen and oxygen atoms in total. The quantitative estimate of drug-likeness (QED) is 0.715. The summed E-state index contributed by atoms with van der Waals surface area (Å²) < 4.78 is 1.11. The van der Waals surface area contributed by atoms with Gasteiger partial charge in [0.15, 0.2) is 0 Å². The molecule has 1 rings (SSSR count). The maximum atomic E-state index is 9.34. The monoisotopic (exact) mass is 216 g/mol. The molecule has 0 spiro atoms. The van der Waals surface area contributed by atoms with Crippen molar-refractivity contribution in [3.63, 3.8) is 0 Å². The lowest BCUT2D eigenvalue weighted by Crippen LogP contribution is -2.22. The summed E-state index contributed by atoms with van der Waals surface area (Å²) in [5, 5.41) is 9.34. The Morgan fingerprint density at radius 1 is 1.64 bits per heavy atom. The molecule has 0 aromatic carbocycles. The molecular formula is C9H13BrO. The maximum absolute atomic E-state index is 9.34. The van der Waals surface area contributed by atoms with E-state index in [1.807, 2.05) is 13.0 Å². The number of aliphatic hydroxyl groups excluding tert-OH is 1. The summed E-state index contributed by atoms with van der Waals surface area (Å²) in [5.74, 6) is 0.700. The van der Waals surface area contributed by atoms with Crippen molar-refractivity contribution < 1.29 is 5.11 Å². The van der Waals surface area contributed by atoms with Crippen LogP contribution in [0.15, 0.2) is 22.7 Å². The lowest BCUT2D eigenvalue weighted by molar-refractivity contribution is 0.130. The molecule has 0 aliphatic heterocycles. The van der Waals surface area contributed by atoms with Crippen LogP contribution in [-0.2, 0) is 0 Å². The first-order valence-corrected chi connectivity index (χ1v) is 4.64. The van der Waals surface area contributed by atoms with Gasteiger partial charge in [0.05, 0.1) is 6.10 Å². The van der Waals surface area contributed by atoms with Gasteiger partial charge < -0.3 is 5.11 Å². The third-order valence-corrected chi connectivity index (χ3v) is 2.59. The van der Waals surface area contributed by atoms with E-state index in [1.54, 1.807) is 0 Å². The number of rotatable bonds is 1. The van der Waals surface area contributed by atoms with Gasteiger partial charge in [0.2, 0.25) is 0 Å². The van der Waals surface area contributed by atoms with E-state index < -0.39 is 0 Å². The zero-order chi connectivity index (χ0) is 8.43. The summed E-state index contributed by atoms with van der Waals surface area (Å²) in [6.45, 7) is 3.95. The molecule has 2 unspecified atom stereocenters. The molecule has 0 saturated carbocycles. The Labute approximate surface area is 75.9 Å². The second kappa shape index (κ2) is 3.55. The fourth-order valence-corrected chi connectivity index (χ4v) is 1.97. The number of hydrogen-bond donors (Lipinski definition) is 1. The van der Waals surface area contributed by atoms with E-state index >= 15 is 0 Å². The Bertz CT molecular complexity index is 194. The van der Waals surface area contributed by atoms with Crippen molar-refractivity contribution >= 4 is 15.9 Å². The van der Waals surface area contributed by atoms with Crippen LogP contribution >= 0.6 is 15.9 Å². The second-order valence-corrected chi connectivity index (χ2v) is 4.00. The van der Waals surface area contributed by atoms with Crippen molar-refractivity contribution in [1.29, 1.82) is 0 Å². The highest BCUT2D eigenvalue weighted by atomic mass is 79.9. The van der Waals surface area contributed by atoms with Gasteiger partial charge in [-0.05, 0) is 12.8 Å². The van der Waals surface area contributed by atoms with Crippen LogP contribution in [-0.4, -0.2) is 11.2 Å². The topological polar surface area (TPSA) is 20.2 Å². The van der Waals surface area contributed by atoms with Gasteiger partial charge in [0, 0.05) is 10.4 Å². The van der Waals surface area contributed by atoms with Crippen molar-refractivity contribution in [2.24, 2.45) is 11.8 Å². The van der Waals surface area contributed by atoms with Crippen LogP contribution in [0.3, 0.4) is 0 Å². The molecule has 2 heteroatoms. The van der Waals surface area contributed by atoms with Gasteiger partial charge >= 0.3 is 0 Å². The lowest BCUT2D eigenvalue weighted by atomic mass is 9.86. The van der Waals surface area contributed by atoms with Gasteiger partial charge in [-0.2, -0.15) is 0 Å². The normalized spacial score (nSPS) is 33.3. The summed E-state index contributed by atoms with van der Waals surface area (Å²) in [6, 6.07) is 0. The van der Waals surface area contributed by atoms with E-state index in [9.17, 15) is 5.11 Å². The maximum Gasteiger partial charge on any atom is 0.0580 e. The highest BCUT2D eigenvalue weighted by Crippen LogP contribution is 2.27. The number of hydrogen-bond acceptors (Lipinski definition) is 1. The zero-order valence-electron chi connectivity index (χ0n) is 6.79. The highest BCUT2D eigenvalue weighted by Gasteiger charge is 2.20. The summed E-state index contributed by atoms with van der Waals surface area (Å²) in [7, 11) is 0. The second-order valence-electron chi connectivity index (χ2n) is 3.09. The Morgan fingerprint density at radius 2 is 2.27 bits per heavy atom. The first-order chi connectivity index (χ1) is 5.11. The zero-order valence-corrected chi connectivity index (χ0v) is 8.38. The Morgan fingerprint density at radius 3 is 2.73 bits per heavy atom. The molecule has 0 aromatic rings. The highest BCUT2D eigenvalue weighted by molar-refractivity contribution is 9.11. The minimum atomic E-state index is -0.252. The molecule has 0 bridgehead atoms. The molecule has 1 N–H and O–H groups in total. The fraction of sp³-hybridized carbons (Fsp3) is 0.556. The first kappa shape index (κ1) is 9.01. The van der Waals surface area contributed by atoms with E-state index in [2.05, 4.69) is 35.0 Å². The molecule has 62 valence electrons. The van der Waals surface area contributed by atoms with E-state index in [4.69, 9.17) is 0 Å². The molecule has 1 aliphatic rings. The lowest BCUT2D eigenvalue weighted by Gasteiger charge is -2.23. The van der Waals surface area contributed by atoms with Crippen molar-refractivity contribution in [2.45, 2.75) is 20.0 Å². The molecular weight excluding hydrogens is 204 g/mol. The third-order valence-electron chi connectivity index (χ3n) is 2.06. The fourth-order valence-electron chi connectivity index (χ4n) is 1.40. The SMILES string of the molecule is CC1C=C(Br)C=CC1[C@H](C)O. The van der Waals surface area contributed by atoms with Gasteiger partial charge in [-0.3, -0.25) is 0 Å². The van der Waals surface area contributed by atoms with Crippen LogP contribution in [0.25, 0.3) is 0 Å². The molecule has 0 amide bonds. The van der Waals surface area contributed by atoms with E-state index in [0.717, 1.165) is 4.48 Å². The van der Waals surface area contributed by atoms with Crippen LogP contribution in [0.4, 0.5) is 0 Å². The number of aliphatic hydroxyl groups is 1. The summed E-state index contributed by atoms with van der Waals surface area (Å²) in [6.07, 6.45) is 5.92. The van der Waals surface area contributed by atoms with Gasteiger partial charge in [-0.1, -0.05) is 41.1 Å². The minimum absolute atomic E-state index is 0.252. The van der Waals surface area contributed by atoms with Gasteiger partial charge in [0.25, 0.3) is 0 Å². The molecule has 3 atom stereocenters. The van der Waals surface area contributed by atoms with Gasteiger partial charge in [-0.25, -0.2) is 0 Å². The molecule has 0 aromatic heterocycles. The molecule has 1 aliphatic carbocycles. The van der Waals surface area contributed by atoms with Crippen molar-refractivity contribution in [2.75, 3.05) is 0 Å². The predicted molar refractivity (Wildman–Crippen MR) is 50.5 cm³/mol. The minimum Gasteiger partial charge on any atom is -0.393 e. The van der Waals surface area contributed by atoms with E-state index in [1.165, 1.54) is 0 Å². The first-order valence-electron chi connectivity index (χ1n) is 3.85. The smallest absolute Gasteiger partial charge is 0.0580 e. The molecule has 0 saturated heterocycles. The van der Waals surface area contributed by atoms with Crippen LogP contribution in [0.5, 0.6) is 0 Å². The molecule has 0 radical (unpaired) electrons. The Balaban J connectivity index is 2.69. The summed E-state index contributed by atoms with van der Waals surface area (Å²) in [4.78, 5) is 0. The summed E-state index contributed by atoms with van der Waals surface area (Å²) >= 11 is 3.40. The molecule has 11 heavy (non-hydrogen) atoms. The Hall–Kier alpha value is -0.0800. The standard InChI is InChI=1S/C9H13BrO/c1-6-5-8(10)3-4-9(6)7(2)11/h3-7,9,11H,1-2H3/t6?,7-,9?/m0/s1. The Kier molecular flexibility index (Phi) is 2.90. The van der Waals surface area contributed by atoms with Crippen molar-refractivity contribution in [3.8, 4) is 0 Å². The van der Waals surface area contributed by atoms with Gasteiger partial charge in [0.1, 0.15) is 0 Å².